The summed E-state index contributed by atoms with van der Waals surface area (Å²) in [6, 6.07) is 23.5. The lowest BCUT2D eigenvalue weighted by Gasteiger charge is -2.21. The third-order valence-corrected chi connectivity index (χ3v) is 8.88. The summed E-state index contributed by atoms with van der Waals surface area (Å²) in [5, 5.41) is 15.1. The van der Waals surface area contributed by atoms with Crippen LogP contribution in [0.2, 0.25) is 5.02 Å². The summed E-state index contributed by atoms with van der Waals surface area (Å²) in [4.78, 5) is 20.4. The zero-order valence-electron chi connectivity index (χ0n) is 27.4. The van der Waals surface area contributed by atoms with Crippen LogP contribution in [0.15, 0.2) is 83.8 Å². The highest BCUT2D eigenvalue weighted by atomic mass is 35.5. The summed E-state index contributed by atoms with van der Waals surface area (Å²) in [5.74, 6) is -0.546. The molecule has 0 aliphatic rings. The largest absolute Gasteiger partial charge is 0.370 e. The van der Waals surface area contributed by atoms with Crippen molar-refractivity contribution in [1.29, 1.82) is 5.41 Å². The molecule has 2 aromatic heterocycles. The van der Waals surface area contributed by atoms with Gasteiger partial charge in [-0.2, -0.15) is 4.98 Å². The van der Waals surface area contributed by atoms with Crippen LogP contribution >= 0.6 is 11.6 Å². The zero-order chi connectivity index (χ0) is 34.2. The third kappa shape index (κ3) is 9.09. The van der Waals surface area contributed by atoms with Crippen LogP contribution in [-0.4, -0.2) is 39.1 Å². The summed E-state index contributed by atoms with van der Waals surface area (Å²) in [6.07, 6.45) is 6.75. The molecule has 11 heteroatoms. The molecule has 0 unspecified atom stereocenters. The maximum atomic E-state index is 15.2. The number of rotatable bonds is 15. The van der Waals surface area contributed by atoms with Gasteiger partial charge in [-0.25, -0.2) is 9.18 Å². The van der Waals surface area contributed by atoms with Gasteiger partial charge in [-0.05, 0) is 106 Å². The first kappa shape index (κ1) is 34.8. The van der Waals surface area contributed by atoms with Gasteiger partial charge in [-0.3, -0.25) is 9.98 Å². The molecule has 5 rings (SSSR count). The van der Waals surface area contributed by atoms with E-state index in [9.17, 15) is 4.79 Å². The van der Waals surface area contributed by atoms with Crippen molar-refractivity contribution in [3.8, 4) is 16.9 Å². The summed E-state index contributed by atoms with van der Waals surface area (Å²) in [5.41, 5.74) is 16.2. The van der Waals surface area contributed by atoms with Crippen LogP contribution in [0, 0.1) is 11.2 Å². The maximum Gasteiger partial charge on any atom is 0.354 e. The van der Waals surface area contributed by atoms with E-state index in [0.29, 0.717) is 28.0 Å². The Balaban J connectivity index is 1.25. The van der Waals surface area contributed by atoms with Crippen LogP contribution < -0.4 is 27.8 Å². The molecule has 0 saturated carbocycles. The fourth-order valence-corrected chi connectivity index (χ4v) is 6.19. The number of guanidine groups is 1. The summed E-state index contributed by atoms with van der Waals surface area (Å²) < 4.78 is 16.6. The van der Waals surface area contributed by atoms with Gasteiger partial charge in [-0.15, -0.1) is 0 Å². The van der Waals surface area contributed by atoms with Crippen molar-refractivity contribution in [1.82, 2.24) is 25.2 Å². The summed E-state index contributed by atoms with van der Waals surface area (Å²) in [7, 11) is 0. The highest BCUT2D eigenvalue weighted by Crippen LogP contribution is 2.31. The molecule has 0 amide bonds. The highest BCUT2D eigenvalue weighted by molar-refractivity contribution is 6.31. The summed E-state index contributed by atoms with van der Waals surface area (Å²) in [6.45, 7) is 4.79. The molecule has 3 atom stereocenters. The van der Waals surface area contributed by atoms with Crippen LogP contribution in [0.3, 0.4) is 0 Å². The lowest BCUT2D eigenvalue weighted by molar-refractivity contribution is 0.470. The molecule has 0 saturated heterocycles. The van der Waals surface area contributed by atoms with Gasteiger partial charge in [0.15, 0.2) is 11.8 Å². The SMILES string of the molecule is C[C@H](N)CCCc1cc(Cl)c(F)c(-c2cc3cn(-c4ccc([C@H](C)NCC[C@@H](CCc5ccccc5)NC(=N)N)cc4)c(=O)nc3[nH]2)c1. The molecule has 5 aromatic rings. The molecule has 0 spiro atoms. The first-order chi connectivity index (χ1) is 23.1. The van der Waals surface area contributed by atoms with Gasteiger partial charge in [0.25, 0.3) is 0 Å². The van der Waals surface area contributed by atoms with Gasteiger partial charge in [0.2, 0.25) is 0 Å². The minimum absolute atomic E-state index is 0.0231. The monoisotopic (exact) mass is 670 g/mol. The molecule has 9 nitrogen and oxygen atoms in total. The highest BCUT2D eigenvalue weighted by Gasteiger charge is 2.16. The Morgan fingerprint density at radius 1 is 1.02 bits per heavy atom. The molecule has 0 fully saturated rings. The minimum Gasteiger partial charge on any atom is -0.370 e. The van der Waals surface area contributed by atoms with Gasteiger partial charge in [0, 0.05) is 35.3 Å². The number of benzene rings is 3. The predicted molar refractivity (Wildman–Crippen MR) is 193 cm³/mol. The number of nitrogens with one attached hydrogen (secondary N) is 4. The predicted octanol–water partition coefficient (Wildman–Crippen LogP) is 6.37. The van der Waals surface area contributed by atoms with E-state index in [1.165, 1.54) is 10.1 Å². The number of nitrogens with two attached hydrogens (primary N) is 2. The Bertz CT molecular complexity index is 1890. The zero-order valence-corrected chi connectivity index (χ0v) is 28.2. The molecular weight excluding hydrogens is 627 g/mol. The number of hydrogen-bond acceptors (Lipinski definition) is 5. The molecular formula is C37H44ClFN8O. The molecule has 48 heavy (non-hydrogen) atoms. The summed E-state index contributed by atoms with van der Waals surface area (Å²) >= 11 is 6.27. The van der Waals surface area contributed by atoms with E-state index in [1.807, 2.05) is 49.4 Å². The second-order valence-corrected chi connectivity index (χ2v) is 12.9. The number of aromatic nitrogens is 3. The van der Waals surface area contributed by atoms with Gasteiger partial charge < -0.3 is 27.1 Å². The maximum absolute atomic E-state index is 15.2. The fourth-order valence-electron chi connectivity index (χ4n) is 5.95. The average Bonchev–Trinajstić information content (AvgIpc) is 3.47. The van der Waals surface area contributed by atoms with Crippen molar-refractivity contribution >= 4 is 28.6 Å². The number of nitrogens with zero attached hydrogens (tertiary/aromatic N) is 2. The number of fused-ring (bicyclic) bond motifs is 1. The second-order valence-electron chi connectivity index (χ2n) is 12.5. The lowest BCUT2D eigenvalue weighted by Crippen LogP contribution is -2.41. The van der Waals surface area contributed by atoms with E-state index in [2.05, 4.69) is 39.7 Å². The van der Waals surface area contributed by atoms with Gasteiger partial charge in [0.1, 0.15) is 5.65 Å². The Morgan fingerprint density at radius 3 is 2.48 bits per heavy atom. The minimum atomic E-state index is -0.523. The van der Waals surface area contributed by atoms with Crippen LogP contribution in [0.4, 0.5) is 4.39 Å². The van der Waals surface area contributed by atoms with Crippen LogP contribution in [0.5, 0.6) is 0 Å². The average molecular weight is 671 g/mol. The topological polar surface area (TPSA) is 151 Å². The molecule has 8 N–H and O–H groups in total. The Labute approximate surface area is 285 Å². The van der Waals surface area contributed by atoms with Gasteiger partial charge in [-0.1, -0.05) is 54.1 Å². The van der Waals surface area contributed by atoms with E-state index in [-0.39, 0.29) is 29.1 Å². The molecule has 0 radical (unpaired) electrons. The number of aryl methyl sites for hydroxylation is 2. The molecule has 0 bridgehead atoms. The molecule has 2 heterocycles. The van der Waals surface area contributed by atoms with E-state index < -0.39 is 11.5 Å². The fraction of sp³-hybridized carbons (Fsp3) is 0.324. The first-order valence-corrected chi connectivity index (χ1v) is 16.8. The van der Waals surface area contributed by atoms with Crippen molar-refractivity contribution in [3.63, 3.8) is 0 Å². The normalized spacial score (nSPS) is 13.4. The van der Waals surface area contributed by atoms with Gasteiger partial charge >= 0.3 is 5.69 Å². The molecule has 252 valence electrons. The van der Waals surface area contributed by atoms with Crippen molar-refractivity contribution in [2.75, 3.05) is 6.54 Å². The number of halogens is 2. The Morgan fingerprint density at radius 2 is 1.77 bits per heavy atom. The van der Waals surface area contributed by atoms with E-state index in [1.54, 1.807) is 24.4 Å². The van der Waals surface area contributed by atoms with E-state index in [0.717, 1.165) is 56.2 Å². The van der Waals surface area contributed by atoms with Crippen molar-refractivity contribution in [2.24, 2.45) is 11.5 Å². The molecule has 3 aromatic carbocycles. The van der Waals surface area contributed by atoms with Crippen molar-refractivity contribution in [2.45, 2.75) is 70.5 Å². The Kier molecular flexibility index (Phi) is 11.6. The van der Waals surface area contributed by atoms with Crippen LogP contribution in [0.25, 0.3) is 28.0 Å². The molecule has 0 aliphatic heterocycles. The Hall–Kier alpha value is -4.51. The standard InChI is InChI=1S/C37H44ClFN8O/c1-23(40)7-6-10-26-19-31(34(39)32(38)20-26)33-21-28-22-47(37(48)46-35(28)45-33)30-15-12-27(13-16-30)24(2)43-18-17-29(44-36(41)42)14-11-25-8-4-3-5-9-25/h3-5,8-9,12-13,15-16,19-24,29,43H,6-7,10-11,14,17-18,40H2,1-2H3,(H4,41,42,44)(H,45,46,48)/t23-,24-,29+/m0/s1. The number of hydrogen-bond donors (Lipinski definition) is 6. The van der Waals surface area contributed by atoms with Crippen molar-refractivity contribution in [3.05, 3.63) is 117 Å². The lowest BCUT2D eigenvalue weighted by atomic mass is 10.0. The number of aromatic amines is 1. The second kappa shape index (κ2) is 16.1. The van der Waals surface area contributed by atoms with Crippen LogP contribution in [-0.2, 0) is 12.8 Å². The van der Waals surface area contributed by atoms with Crippen LogP contribution in [0.1, 0.15) is 62.3 Å². The third-order valence-electron chi connectivity index (χ3n) is 8.61. The number of H-pyrrole nitrogens is 1. The first-order valence-electron chi connectivity index (χ1n) is 16.4. The molecule has 0 aliphatic carbocycles. The van der Waals surface area contributed by atoms with Crippen molar-refractivity contribution < 1.29 is 4.39 Å². The van der Waals surface area contributed by atoms with Gasteiger partial charge in [0.05, 0.1) is 16.4 Å². The van der Waals surface area contributed by atoms with E-state index in [4.69, 9.17) is 28.5 Å². The smallest absolute Gasteiger partial charge is 0.354 e. The van der Waals surface area contributed by atoms with E-state index >= 15 is 4.39 Å². The quantitative estimate of drug-likeness (QED) is 0.0563.